The molecular weight excluding hydrogens is 204 g/mol. The first-order valence-corrected chi connectivity index (χ1v) is 5.67. The highest BCUT2D eigenvalue weighted by molar-refractivity contribution is 8.10. The van der Waals surface area contributed by atoms with Crippen molar-refractivity contribution in [1.82, 2.24) is 0 Å². The minimum Gasteiger partial charge on any atom is -0.385 e. The second-order valence-corrected chi connectivity index (χ2v) is 4.17. The summed E-state index contributed by atoms with van der Waals surface area (Å²) in [6.45, 7) is 6.10. The molecule has 0 aliphatic heterocycles. The average Bonchev–Trinajstić information content (AvgIpc) is 2.26. The predicted molar refractivity (Wildman–Crippen MR) is 68.9 cm³/mol. The fourth-order valence-electron chi connectivity index (χ4n) is 1.13. The van der Waals surface area contributed by atoms with Crippen LogP contribution in [-0.4, -0.2) is 0 Å². The lowest BCUT2D eigenvalue weighted by Crippen LogP contribution is -2.06. The molecule has 0 fully saturated rings. The van der Waals surface area contributed by atoms with Gasteiger partial charge in [0.25, 0.3) is 0 Å². The van der Waals surface area contributed by atoms with Gasteiger partial charge in [-0.05, 0) is 17.5 Å². The van der Waals surface area contributed by atoms with E-state index in [1.54, 1.807) is 5.41 Å². The Kier molecular flexibility index (Phi) is 4.31. The van der Waals surface area contributed by atoms with Gasteiger partial charge in [-0.25, -0.2) is 0 Å². The first-order chi connectivity index (χ1) is 7.13. The molecule has 80 valence electrons. The smallest absolute Gasteiger partial charge is 0.100 e. The molecule has 0 heterocycles. The zero-order chi connectivity index (χ0) is 11.3. The van der Waals surface area contributed by atoms with E-state index in [0.717, 1.165) is 16.9 Å². The highest BCUT2D eigenvalue weighted by Crippen LogP contribution is 2.26. The molecule has 0 aliphatic carbocycles. The summed E-state index contributed by atoms with van der Waals surface area (Å²) in [5, 5.41) is 1.69. The average molecular weight is 220 g/mol. The van der Waals surface area contributed by atoms with Crippen LogP contribution in [0.15, 0.2) is 42.1 Å². The van der Waals surface area contributed by atoms with Crippen LogP contribution in [0.5, 0.6) is 0 Å². The van der Waals surface area contributed by atoms with Crippen LogP contribution in [0.2, 0.25) is 0 Å². The number of hydrogen-bond donors (Lipinski definition) is 2. The lowest BCUT2D eigenvalue weighted by atomic mass is 10.1. The number of benzene rings is 1. The summed E-state index contributed by atoms with van der Waals surface area (Å²) < 4.78 is 0. The van der Waals surface area contributed by atoms with Gasteiger partial charge in [0.1, 0.15) is 5.82 Å². The van der Waals surface area contributed by atoms with Gasteiger partial charge in [0, 0.05) is 10.3 Å². The van der Waals surface area contributed by atoms with E-state index >= 15 is 0 Å². The first-order valence-electron chi connectivity index (χ1n) is 4.79. The Morgan fingerprint density at radius 2 is 1.93 bits per heavy atom. The molecular formula is C12H16N2S. The van der Waals surface area contributed by atoms with Crippen molar-refractivity contribution in [2.75, 3.05) is 0 Å². The maximum absolute atomic E-state index is 5.34. The van der Waals surface area contributed by atoms with E-state index in [1.165, 1.54) is 17.3 Å². The summed E-state index contributed by atoms with van der Waals surface area (Å²) in [5.41, 5.74) is 13.1. The largest absolute Gasteiger partial charge is 0.385 e. The second kappa shape index (κ2) is 5.51. The molecule has 0 radical (unpaired) electrons. The van der Waals surface area contributed by atoms with Gasteiger partial charge < -0.3 is 11.5 Å². The van der Waals surface area contributed by atoms with Crippen LogP contribution in [0, 0.1) is 0 Å². The molecule has 2 nitrogen and oxygen atoms in total. The van der Waals surface area contributed by atoms with E-state index in [1.807, 2.05) is 0 Å². The maximum atomic E-state index is 5.34. The summed E-state index contributed by atoms with van der Waals surface area (Å²) >= 11 is 1.44. The quantitative estimate of drug-likeness (QED) is 0.820. The zero-order valence-corrected chi connectivity index (χ0v) is 9.68. The summed E-state index contributed by atoms with van der Waals surface area (Å²) in [6.07, 6.45) is 1.05. The summed E-state index contributed by atoms with van der Waals surface area (Å²) in [4.78, 5) is 0.950. The molecule has 3 heteroatoms. The van der Waals surface area contributed by atoms with Gasteiger partial charge in [-0.2, -0.15) is 0 Å². The SMILES string of the molecule is C=C(SC=C(N)N)c1ccc(CC)cc1. The number of nitrogens with two attached hydrogens (primary N) is 2. The molecule has 1 aromatic rings. The fraction of sp³-hybridized carbons (Fsp3) is 0.167. The van der Waals surface area contributed by atoms with E-state index in [-0.39, 0.29) is 0 Å². The third-order valence-electron chi connectivity index (χ3n) is 2.02. The van der Waals surface area contributed by atoms with Crippen LogP contribution < -0.4 is 11.5 Å². The third-order valence-corrected chi connectivity index (χ3v) is 2.93. The normalized spacial score (nSPS) is 9.67. The molecule has 0 aliphatic rings. The first kappa shape index (κ1) is 11.7. The minimum atomic E-state index is 0.311. The van der Waals surface area contributed by atoms with Gasteiger partial charge in [0.05, 0.1) is 0 Å². The molecule has 0 unspecified atom stereocenters. The van der Waals surface area contributed by atoms with Gasteiger partial charge in [0.15, 0.2) is 0 Å². The summed E-state index contributed by atoms with van der Waals surface area (Å²) in [7, 11) is 0. The Morgan fingerprint density at radius 3 is 2.40 bits per heavy atom. The molecule has 0 saturated heterocycles. The minimum absolute atomic E-state index is 0.311. The lowest BCUT2D eigenvalue weighted by molar-refractivity contribution is 1.14. The Hall–Kier alpha value is -1.35. The maximum Gasteiger partial charge on any atom is 0.100 e. The van der Waals surface area contributed by atoms with Crippen LogP contribution >= 0.6 is 11.8 Å². The standard InChI is InChI=1S/C12H16N2S/c1-3-10-4-6-11(7-5-10)9(2)15-8-12(13)14/h4-8H,2-3,13-14H2,1H3. The van der Waals surface area contributed by atoms with Crippen molar-refractivity contribution in [1.29, 1.82) is 0 Å². The Bertz CT molecular complexity index is 362. The van der Waals surface area contributed by atoms with Crippen molar-refractivity contribution in [2.24, 2.45) is 11.5 Å². The van der Waals surface area contributed by atoms with Crippen molar-refractivity contribution < 1.29 is 0 Å². The van der Waals surface area contributed by atoms with E-state index in [9.17, 15) is 0 Å². The van der Waals surface area contributed by atoms with E-state index in [4.69, 9.17) is 11.5 Å². The second-order valence-electron chi connectivity index (χ2n) is 3.21. The fourth-order valence-corrected chi connectivity index (χ4v) is 1.68. The molecule has 4 N–H and O–H groups in total. The van der Waals surface area contributed by atoms with Gasteiger partial charge >= 0.3 is 0 Å². The summed E-state index contributed by atoms with van der Waals surface area (Å²) in [5.74, 6) is 0.311. The van der Waals surface area contributed by atoms with E-state index < -0.39 is 0 Å². The molecule has 1 rings (SSSR count). The van der Waals surface area contributed by atoms with Crippen LogP contribution in [0.1, 0.15) is 18.1 Å². The third kappa shape index (κ3) is 3.72. The zero-order valence-electron chi connectivity index (χ0n) is 8.86. The van der Waals surface area contributed by atoms with Gasteiger partial charge in [-0.1, -0.05) is 49.5 Å². The highest BCUT2D eigenvalue weighted by atomic mass is 32.2. The van der Waals surface area contributed by atoms with Crippen molar-refractivity contribution in [3.8, 4) is 0 Å². The Labute approximate surface area is 95.0 Å². The van der Waals surface area contributed by atoms with Crippen molar-refractivity contribution in [3.05, 3.63) is 53.2 Å². The van der Waals surface area contributed by atoms with Crippen molar-refractivity contribution in [3.63, 3.8) is 0 Å². The molecule has 0 spiro atoms. The van der Waals surface area contributed by atoms with E-state index in [0.29, 0.717) is 5.82 Å². The molecule has 0 amide bonds. The highest BCUT2D eigenvalue weighted by Gasteiger charge is 1.98. The topological polar surface area (TPSA) is 52.0 Å². The van der Waals surface area contributed by atoms with Gasteiger partial charge in [-0.3, -0.25) is 0 Å². The van der Waals surface area contributed by atoms with Crippen molar-refractivity contribution >= 4 is 16.7 Å². The number of aryl methyl sites for hydroxylation is 1. The predicted octanol–water partition coefficient (Wildman–Crippen LogP) is 2.67. The van der Waals surface area contributed by atoms with E-state index in [2.05, 4.69) is 37.8 Å². The Morgan fingerprint density at radius 1 is 1.33 bits per heavy atom. The number of thioether (sulfide) groups is 1. The molecule has 0 saturated carbocycles. The molecule has 15 heavy (non-hydrogen) atoms. The summed E-state index contributed by atoms with van der Waals surface area (Å²) in [6, 6.07) is 8.34. The van der Waals surface area contributed by atoms with Crippen LogP contribution in [0.4, 0.5) is 0 Å². The molecule has 0 atom stereocenters. The monoisotopic (exact) mass is 220 g/mol. The molecule has 0 bridgehead atoms. The molecule has 1 aromatic carbocycles. The number of hydrogen-bond acceptors (Lipinski definition) is 3. The number of rotatable bonds is 4. The van der Waals surface area contributed by atoms with Crippen molar-refractivity contribution in [2.45, 2.75) is 13.3 Å². The van der Waals surface area contributed by atoms with Crippen LogP contribution in [-0.2, 0) is 6.42 Å². The van der Waals surface area contributed by atoms with Gasteiger partial charge in [-0.15, -0.1) is 0 Å². The van der Waals surface area contributed by atoms with Crippen LogP contribution in [0.25, 0.3) is 4.91 Å². The Balaban J connectivity index is 2.70. The molecule has 0 aromatic heterocycles. The van der Waals surface area contributed by atoms with Gasteiger partial charge in [0.2, 0.25) is 0 Å². The van der Waals surface area contributed by atoms with Crippen LogP contribution in [0.3, 0.4) is 0 Å². The lowest BCUT2D eigenvalue weighted by Gasteiger charge is -2.03.